The number of rotatable bonds is 2. The van der Waals surface area contributed by atoms with Gasteiger partial charge in [-0.25, -0.2) is 0 Å². The van der Waals surface area contributed by atoms with Crippen LogP contribution in [0.15, 0.2) is 10.7 Å². The highest BCUT2D eigenvalue weighted by atomic mass is 16.5. The van der Waals surface area contributed by atoms with E-state index in [2.05, 4.69) is 53.6 Å². The minimum absolute atomic E-state index is 0.0602. The highest BCUT2D eigenvalue weighted by molar-refractivity contribution is 5.32. The van der Waals surface area contributed by atoms with E-state index < -0.39 is 0 Å². The van der Waals surface area contributed by atoms with Gasteiger partial charge in [0.25, 0.3) is 0 Å². The van der Waals surface area contributed by atoms with E-state index in [0.29, 0.717) is 34.7 Å². The summed E-state index contributed by atoms with van der Waals surface area (Å²) in [7, 11) is 0. The lowest BCUT2D eigenvalue weighted by Crippen LogP contribution is -2.66. The molecule has 9 atom stereocenters. The van der Waals surface area contributed by atoms with Crippen LogP contribution in [0.2, 0.25) is 0 Å². The summed E-state index contributed by atoms with van der Waals surface area (Å²) < 4.78 is 5.86. The van der Waals surface area contributed by atoms with E-state index in [0.717, 1.165) is 35.9 Å². The number of hydrogen-bond donors (Lipinski definition) is 1. The molecule has 1 unspecified atom stereocenters. The molecule has 3 nitrogen and oxygen atoms in total. The summed E-state index contributed by atoms with van der Waals surface area (Å²) >= 11 is 0. The summed E-state index contributed by atoms with van der Waals surface area (Å²) in [5, 5.41) is 15.0. The lowest BCUT2D eigenvalue weighted by molar-refractivity contribution is -0.231. The van der Waals surface area contributed by atoms with Gasteiger partial charge in [0.2, 0.25) is 0 Å². The molecule has 190 valence electrons. The summed E-state index contributed by atoms with van der Waals surface area (Å²) in [4.78, 5) is 0. The van der Waals surface area contributed by atoms with Crippen LogP contribution in [-0.2, 0) is 11.8 Å². The van der Waals surface area contributed by atoms with Crippen LogP contribution in [0, 0.1) is 57.2 Å². The van der Waals surface area contributed by atoms with Gasteiger partial charge in [-0.2, -0.15) is 0 Å². The molecule has 0 saturated heterocycles. The third kappa shape index (κ3) is 2.61. The zero-order valence-electron chi connectivity index (χ0n) is 22.9. The molecular weight excluding hydrogens is 418 g/mol. The fourth-order valence-electron chi connectivity index (χ4n) is 12.1. The molecule has 4 saturated carbocycles. The van der Waals surface area contributed by atoms with Gasteiger partial charge in [-0.3, -0.25) is 0 Å². The standard InChI is InChI=1S/C31H49NO2/c1-19(2)21-10-13-31(18-33)15-14-29(6)22(25(21)31)8-9-24-28(5)16-20-17-32-34-26(20)27(3,4)23(28)11-12-30(24,29)7/h17,19,21-25,33H,8-16,18H2,1-7H3/t21-,22+,23?,24+,25+,28-,29+,30+,31+/m0/s1. The van der Waals surface area contributed by atoms with Crippen molar-refractivity contribution in [2.75, 3.05) is 6.61 Å². The minimum atomic E-state index is 0.0602. The highest BCUT2D eigenvalue weighted by Crippen LogP contribution is 2.77. The Morgan fingerprint density at radius 3 is 2.41 bits per heavy atom. The predicted octanol–water partition coefficient (Wildman–Crippen LogP) is 7.42. The van der Waals surface area contributed by atoms with Crippen molar-refractivity contribution in [2.24, 2.45) is 57.2 Å². The number of aromatic nitrogens is 1. The average Bonchev–Trinajstić information content (AvgIpc) is 3.39. The second-order valence-corrected chi connectivity index (χ2v) is 15.2. The first-order valence-corrected chi connectivity index (χ1v) is 14.5. The fraction of sp³-hybridized carbons (Fsp3) is 0.903. The minimum Gasteiger partial charge on any atom is -0.396 e. The van der Waals surface area contributed by atoms with Crippen molar-refractivity contribution in [1.29, 1.82) is 0 Å². The Hall–Kier alpha value is -0.830. The Balaban J connectivity index is 1.42. The van der Waals surface area contributed by atoms with Gasteiger partial charge in [-0.15, -0.1) is 0 Å². The molecule has 5 aliphatic rings. The number of nitrogens with zero attached hydrogens (tertiary/aromatic N) is 1. The molecular formula is C31H49NO2. The smallest absolute Gasteiger partial charge is 0.145 e. The maximum Gasteiger partial charge on any atom is 0.145 e. The zero-order chi connectivity index (χ0) is 24.3. The summed E-state index contributed by atoms with van der Waals surface area (Å²) in [6, 6.07) is 0. The second kappa shape index (κ2) is 7.14. The molecule has 1 N–H and O–H groups in total. The Morgan fingerprint density at radius 1 is 0.941 bits per heavy atom. The Bertz CT molecular complexity index is 964. The first kappa shape index (κ1) is 23.6. The molecule has 6 rings (SSSR count). The topological polar surface area (TPSA) is 46.3 Å². The molecule has 0 aromatic carbocycles. The molecule has 5 aliphatic carbocycles. The summed E-state index contributed by atoms with van der Waals surface area (Å²) in [5.41, 5.74) is 2.69. The van der Waals surface area contributed by atoms with E-state index in [-0.39, 0.29) is 10.8 Å². The summed E-state index contributed by atoms with van der Waals surface area (Å²) in [6.07, 6.45) is 13.7. The SMILES string of the molecule is CC(C)[C@@H]1CC[C@]2(CO)CC[C@]3(C)[C@H](CC[C@@H]4[C@@]5(C)Cc6cnoc6C(C)(C)C5CC[C@]43C)[C@@H]12. The first-order valence-electron chi connectivity index (χ1n) is 14.5. The fourth-order valence-corrected chi connectivity index (χ4v) is 12.1. The van der Waals surface area contributed by atoms with E-state index in [1.807, 2.05) is 6.20 Å². The molecule has 34 heavy (non-hydrogen) atoms. The largest absolute Gasteiger partial charge is 0.396 e. The third-order valence-corrected chi connectivity index (χ3v) is 13.8. The van der Waals surface area contributed by atoms with Gasteiger partial charge >= 0.3 is 0 Å². The van der Waals surface area contributed by atoms with Crippen LogP contribution in [-0.4, -0.2) is 16.9 Å². The van der Waals surface area contributed by atoms with Crippen LogP contribution in [0.25, 0.3) is 0 Å². The van der Waals surface area contributed by atoms with Gasteiger partial charge in [0.15, 0.2) is 0 Å². The van der Waals surface area contributed by atoms with Crippen molar-refractivity contribution < 1.29 is 9.63 Å². The van der Waals surface area contributed by atoms with E-state index >= 15 is 0 Å². The maximum absolute atomic E-state index is 10.7. The average molecular weight is 468 g/mol. The van der Waals surface area contributed by atoms with Gasteiger partial charge < -0.3 is 9.63 Å². The zero-order valence-corrected chi connectivity index (χ0v) is 22.9. The molecule has 4 fully saturated rings. The van der Waals surface area contributed by atoms with E-state index in [1.165, 1.54) is 56.9 Å². The van der Waals surface area contributed by atoms with Crippen LogP contribution in [0.1, 0.15) is 111 Å². The van der Waals surface area contributed by atoms with E-state index in [9.17, 15) is 5.11 Å². The highest BCUT2D eigenvalue weighted by Gasteiger charge is 2.71. The summed E-state index contributed by atoms with van der Waals surface area (Å²) in [6.45, 7) is 18.2. The van der Waals surface area contributed by atoms with Crippen LogP contribution in [0.4, 0.5) is 0 Å². The lowest BCUT2D eigenvalue weighted by Gasteiger charge is -2.72. The normalized spacial score (nSPS) is 51.3. The van der Waals surface area contributed by atoms with Gasteiger partial charge in [-0.05, 0) is 115 Å². The van der Waals surface area contributed by atoms with Crippen LogP contribution in [0.5, 0.6) is 0 Å². The quantitative estimate of drug-likeness (QED) is 0.492. The number of fused-ring (bicyclic) bond motifs is 8. The van der Waals surface area contributed by atoms with Crippen molar-refractivity contribution in [3.8, 4) is 0 Å². The van der Waals surface area contributed by atoms with Crippen LogP contribution in [0.3, 0.4) is 0 Å². The molecule has 0 radical (unpaired) electrons. The van der Waals surface area contributed by atoms with Gasteiger partial charge in [0.1, 0.15) is 5.76 Å². The molecule has 1 heterocycles. The Morgan fingerprint density at radius 2 is 1.71 bits per heavy atom. The van der Waals surface area contributed by atoms with Gasteiger partial charge in [0, 0.05) is 17.6 Å². The van der Waals surface area contributed by atoms with Crippen molar-refractivity contribution in [2.45, 2.75) is 112 Å². The Labute approximate surface area is 207 Å². The molecule has 3 heteroatoms. The monoisotopic (exact) mass is 467 g/mol. The number of hydrogen-bond acceptors (Lipinski definition) is 3. The molecule has 0 spiro atoms. The predicted molar refractivity (Wildman–Crippen MR) is 136 cm³/mol. The van der Waals surface area contributed by atoms with Crippen molar-refractivity contribution in [1.82, 2.24) is 5.16 Å². The second-order valence-electron chi connectivity index (χ2n) is 15.2. The molecule has 0 aliphatic heterocycles. The lowest BCUT2D eigenvalue weighted by atomic mass is 9.32. The maximum atomic E-state index is 10.7. The van der Waals surface area contributed by atoms with Gasteiger partial charge in [0.05, 0.1) is 6.20 Å². The third-order valence-electron chi connectivity index (χ3n) is 13.8. The first-order chi connectivity index (χ1) is 15.9. The Kier molecular flexibility index (Phi) is 4.95. The molecule has 0 amide bonds. The summed E-state index contributed by atoms with van der Waals surface area (Å²) in [5.74, 6) is 5.58. The molecule has 1 aromatic heterocycles. The van der Waals surface area contributed by atoms with Crippen LogP contribution < -0.4 is 0 Å². The van der Waals surface area contributed by atoms with Crippen molar-refractivity contribution in [3.05, 3.63) is 17.5 Å². The molecule has 1 aromatic rings. The number of aliphatic hydroxyl groups is 1. The van der Waals surface area contributed by atoms with Crippen LogP contribution >= 0.6 is 0 Å². The number of aliphatic hydroxyl groups excluding tert-OH is 1. The van der Waals surface area contributed by atoms with Crippen molar-refractivity contribution in [3.63, 3.8) is 0 Å². The van der Waals surface area contributed by atoms with Gasteiger partial charge in [-0.1, -0.05) is 53.6 Å². The van der Waals surface area contributed by atoms with E-state index in [1.54, 1.807) is 0 Å². The molecule has 0 bridgehead atoms. The van der Waals surface area contributed by atoms with E-state index in [4.69, 9.17) is 4.52 Å². The van der Waals surface area contributed by atoms with Crippen molar-refractivity contribution >= 4 is 0 Å².